The normalized spacial score (nSPS) is 24.6. The summed E-state index contributed by atoms with van der Waals surface area (Å²) in [6.45, 7) is 1.58. The highest BCUT2D eigenvalue weighted by atomic mass is 32.1. The maximum Gasteiger partial charge on any atom is 0.456 e. The van der Waals surface area contributed by atoms with Crippen LogP contribution in [0.1, 0.15) is 41.7 Å². The van der Waals surface area contributed by atoms with Gasteiger partial charge in [0.15, 0.2) is 0 Å². The maximum atomic E-state index is 14.0. The van der Waals surface area contributed by atoms with Crippen molar-refractivity contribution in [2.45, 2.75) is 56.0 Å². The molecule has 0 unspecified atom stereocenters. The van der Waals surface area contributed by atoms with E-state index in [0.717, 1.165) is 4.57 Å². The van der Waals surface area contributed by atoms with E-state index in [-0.39, 0.29) is 11.4 Å². The van der Waals surface area contributed by atoms with E-state index in [1.807, 2.05) is 0 Å². The lowest BCUT2D eigenvalue weighted by Crippen LogP contribution is -2.62. The van der Waals surface area contributed by atoms with Crippen molar-refractivity contribution in [1.82, 2.24) is 19.9 Å². The Labute approximate surface area is 197 Å². The molecule has 0 radical (unpaired) electrons. The van der Waals surface area contributed by atoms with Gasteiger partial charge in [0.2, 0.25) is 0 Å². The molecule has 1 fully saturated rings. The van der Waals surface area contributed by atoms with Crippen LogP contribution in [0.5, 0.6) is 0 Å². The van der Waals surface area contributed by atoms with Crippen molar-refractivity contribution in [3.8, 4) is 0 Å². The molecule has 5 rings (SSSR count). The van der Waals surface area contributed by atoms with Gasteiger partial charge in [-0.25, -0.2) is 9.97 Å². The fraction of sp³-hybridized carbons (Fsp3) is 0.429. The molecule has 0 bridgehead atoms. The Hall–Kier alpha value is -3.13. The average molecular weight is 515 g/mol. The zero-order valence-corrected chi connectivity index (χ0v) is 18.9. The second-order valence-corrected chi connectivity index (χ2v) is 9.70. The SMILES string of the molecule is Cc1cc(Nc2ncnc3sccc23)c(=O)n2c1C(=O)N[C@]21CC[C@@](O)(C(F)(F)C(F)(F)F)CC1. The Morgan fingerprint density at radius 1 is 1.14 bits per heavy atom. The molecule has 1 spiro atoms. The predicted molar refractivity (Wildman–Crippen MR) is 116 cm³/mol. The number of nitrogens with zero attached hydrogens (tertiary/aromatic N) is 3. The Kier molecular flexibility index (Phi) is 5.01. The second-order valence-electron chi connectivity index (χ2n) is 8.81. The number of alkyl halides is 5. The van der Waals surface area contributed by atoms with Crippen LogP contribution >= 0.6 is 11.3 Å². The largest absolute Gasteiger partial charge is 0.456 e. The van der Waals surface area contributed by atoms with Crippen LogP contribution < -0.4 is 16.2 Å². The minimum Gasteiger partial charge on any atom is -0.383 e. The number of anilines is 2. The summed E-state index contributed by atoms with van der Waals surface area (Å²) in [7, 11) is 0. The molecule has 2 aliphatic rings. The molecule has 4 heterocycles. The molecule has 1 aliphatic heterocycles. The molecule has 1 amide bonds. The highest BCUT2D eigenvalue weighted by Gasteiger charge is 2.71. The number of aromatic nitrogens is 3. The topological polar surface area (TPSA) is 109 Å². The fourth-order valence-corrected chi connectivity index (χ4v) is 5.60. The minimum absolute atomic E-state index is 0.0167. The summed E-state index contributed by atoms with van der Waals surface area (Å²) in [4.78, 5) is 35.2. The monoisotopic (exact) mass is 515 g/mol. The first-order valence-electron chi connectivity index (χ1n) is 10.5. The number of nitrogens with one attached hydrogen (secondary N) is 2. The summed E-state index contributed by atoms with van der Waals surface area (Å²) in [6.07, 6.45) is -7.60. The van der Waals surface area contributed by atoms with Crippen LogP contribution in [0.2, 0.25) is 0 Å². The number of aryl methyl sites for hydroxylation is 1. The van der Waals surface area contributed by atoms with Gasteiger partial charge in [-0.1, -0.05) is 0 Å². The van der Waals surface area contributed by atoms with Crippen molar-refractivity contribution < 1.29 is 31.9 Å². The number of fused-ring (bicyclic) bond motifs is 3. The molecular formula is C21H18F5N5O3S. The van der Waals surface area contributed by atoms with E-state index in [2.05, 4.69) is 20.6 Å². The van der Waals surface area contributed by atoms with Gasteiger partial charge in [-0.15, -0.1) is 11.3 Å². The molecule has 8 nitrogen and oxygen atoms in total. The van der Waals surface area contributed by atoms with Crippen LogP contribution in [0.3, 0.4) is 0 Å². The summed E-state index contributed by atoms with van der Waals surface area (Å²) in [5, 5.41) is 18.2. The van der Waals surface area contributed by atoms with Gasteiger partial charge in [0.25, 0.3) is 11.5 Å². The highest BCUT2D eigenvalue weighted by Crippen LogP contribution is 2.52. The molecule has 0 atom stereocenters. The quantitative estimate of drug-likeness (QED) is 0.458. The van der Waals surface area contributed by atoms with Gasteiger partial charge < -0.3 is 15.7 Å². The number of hydrogen-bond donors (Lipinski definition) is 3. The van der Waals surface area contributed by atoms with E-state index in [0.29, 0.717) is 21.6 Å². The number of thiophene rings is 1. The molecule has 1 aliphatic carbocycles. The third kappa shape index (κ3) is 3.33. The van der Waals surface area contributed by atoms with Gasteiger partial charge in [0.05, 0.1) is 5.39 Å². The van der Waals surface area contributed by atoms with Crippen molar-refractivity contribution in [2.75, 3.05) is 5.32 Å². The smallest absolute Gasteiger partial charge is 0.383 e. The standard InChI is InChI=1S/C21H18F5N5O3S/c1-10-8-12(29-14-11-2-7-35-16(11)28-9-27-14)17(33)31-13(10)15(32)30-19(31)5-3-18(34,4-6-19)20(22,23)21(24,25)26/h2,7-9,34H,3-6H2,1H3,(H,30,32)(H,27,28,29)/t18-,19+. The van der Waals surface area contributed by atoms with Gasteiger partial charge in [-0.05, 0) is 55.7 Å². The molecule has 3 aromatic heterocycles. The van der Waals surface area contributed by atoms with Crippen molar-refractivity contribution >= 4 is 39.0 Å². The Bertz CT molecular complexity index is 1410. The molecule has 0 saturated heterocycles. The van der Waals surface area contributed by atoms with Gasteiger partial charge in [-0.2, -0.15) is 22.0 Å². The Morgan fingerprint density at radius 3 is 2.49 bits per heavy atom. The molecule has 186 valence electrons. The number of amides is 1. The Balaban J connectivity index is 1.55. The molecule has 3 aromatic rings. The van der Waals surface area contributed by atoms with E-state index in [1.165, 1.54) is 23.7 Å². The molecule has 0 aromatic carbocycles. The van der Waals surface area contributed by atoms with E-state index in [1.54, 1.807) is 18.4 Å². The summed E-state index contributed by atoms with van der Waals surface area (Å²) in [5.41, 5.74) is -5.18. The van der Waals surface area contributed by atoms with Crippen molar-refractivity contribution in [3.63, 3.8) is 0 Å². The Morgan fingerprint density at radius 2 is 1.83 bits per heavy atom. The van der Waals surface area contributed by atoms with E-state index >= 15 is 0 Å². The molecule has 3 N–H and O–H groups in total. The summed E-state index contributed by atoms with van der Waals surface area (Å²) < 4.78 is 68.0. The number of rotatable bonds is 3. The third-order valence-corrected chi connectivity index (χ3v) is 7.56. The van der Waals surface area contributed by atoms with Crippen molar-refractivity contribution in [1.29, 1.82) is 0 Å². The molecule has 1 saturated carbocycles. The second kappa shape index (κ2) is 7.43. The first kappa shape index (κ1) is 23.6. The average Bonchev–Trinajstić information content (AvgIpc) is 3.37. The fourth-order valence-electron chi connectivity index (χ4n) is 4.87. The molecule has 35 heavy (non-hydrogen) atoms. The van der Waals surface area contributed by atoms with E-state index < -0.39 is 60.5 Å². The number of carbonyl (C=O) groups is 1. The highest BCUT2D eigenvalue weighted by molar-refractivity contribution is 7.16. The first-order valence-corrected chi connectivity index (χ1v) is 11.4. The molecule has 14 heteroatoms. The number of halogens is 5. The van der Waals surface area contributed by atoms with Crippen LogP contribution in [0.25, 0.3) is 10.2 Å². The lowest BCUT2D eigenvalue weighted by atomic mass is 9.74. The van der Waals surface area contributed by atoms with Crippen molar-refractivity contribution in [2.24, 2.45) is 0 Å². The van der Waals surface area contributed by atoms with Gasteiger partial charge >= 0.3 is 12.1 Å². The lowest BCUT2D eigenvalue weighted by molar-refractivity contribution is -0.349. The van der Waals surface area contributed by atoms with Crippen LogP contribution in [0.4, 0.5) is 33.5 Å². The van der Waals surface area contributed by atoms with Crippen molar-refractivity contribution in [3.05, 3.63) is 45.5 Å². The van der Waals surface area contributed by atoms with E-state index in [4.69, 9.17) is 0 Å². The van der Waals surface area contributed by atoms with Gasteiger partial charge in [0, 0.05) is 0 Å². The predicted octanol–water partition coefficient (Wildman–Crippen LogP) is 3.80. The number of hydrogen-bond acceptors (Lipinski definition) is 7. The van der Waals surface area contributed by atoms with E-state index in [9.17, 15) is 36.6 Å². The zero-order chi connectivity index (χ0) is 25.4. The van der Waals surface area contributed by atoms with Crippen LogP contribution in [-0.2, 0) is 5.66 Å². The number of pyridine rings is 1. The lowest BCUT2D eigenvalue weighted by Gasteiger charge is -2.45. The summed E-state index contributed by atoms with van der Waals surface area (Å²) in [5.74, 6) is -5.67. The van der Waals surface area contributed by atoms with Crippen LogP contribution in [0, 0.1) is 6.92 Å². The minimum atomic E-state index is -5.95. The maximum absolute atomic E-state index is 14.0. The summed E-state index contributed by atoms with van der Waals surface area (Å²) in [6, 6.07) is 3.21. The first-order chi connectivity index (χ1) is 16.3. The summed E-state index contributed by atoms with van der Waals surface area (Å²) >= 11 is 1.37. The van der Waals surface area contributed by atoms with Crippen LogP contribution in [-0.4, -0.2) is 43.2 Å². The van der Waals surface area contributed by atoms with Gasteiger partial charge in [0.1, 0.15) is 39.6 Å². The third-order valence-electron chi connectivity index (χ3n) is 6.74. The molecular weight excluding hydrogens is 497 g/mol. The number of aliphatic hydroxyl groups is 1. The zero-order valence-electron chi connectivity index (χ0n) is 18.0. The van der Waals surface area contributed by atoms with Gasteiger partial charge in [-0.3, -0.25) is 14.2 Å². The number of carbonyl (C=O) groups excluding carboxylic acids is 1. The van der Waals surface area contributed by atoms with Crippen LogP contribution in [0.15, 0.2) is 28.6 Å².